The van der Waals surface area contributed by atoms with Crippen LogP contribution in [0.5, 0.6) is 0 Å². The number of hydrogen-bond acceptors (Lipinski definition) is 3. The molecule has 31 heavy (non-hydrogen) atoms. The van der Waals surface area contributed by atoms with Gasteiger partial charge in [0.25, 0.3) is 5.91 Å². The number of carbonyl (C=O) groups excluding carboxylic acids is 2. The van der Waals surface area contributed by atoms with E-state index in [1.165, 1.54) is 24.5 Å². The number of benzene rings is 2. The second-order valence-corrected chi connectivity index (χ2v) is 9.08. The lowest BCUT2D eigenvalue weighted by Crippen LogP contribution is -2.51. The fourth-order valence-corrected chi connectivity index (χ4v) is 4.42. The zero-order valence-corrected chi connectivity index (χ0v) is 19.4. The van der Waals surface area contributed by atoms with Gasteiger partial charge in [0.1, 0.15) is 6.04 Å². The summed E-state index contributed by atoms with van der Waals surface area (Å²) in [6, 6.07) is 14.4. The number of hydrogen-bond donors (Lipinski definition) is 2. The van der Waals surface area contributed by atoms with Gasteiger partial charge in [-0.1, -0.05) is 67.4 Å². The Morgan fingerprint density at radius 2 is 1.71 bits per heavy atom. The topological polar surface area (TPSA) is 61.4 Å². The van der Waals surface area contributed by atoms with Crippen LogP contribution in [0.3, 0.4) is 0 Å². The van der Waals surface area contributed by atoms with E-state index in [0.29, 0.717) is 17.1 Å². The molecule has 0 aromatic heterocycles. The number of rotatable bonds is 8. The molecule has 1 heterocycles. The Hall–Kier alpha value is -2.08. The van der Waals surface area contributed by atoms with Gasteiger partial charge in [0, 0.05) is 11.6 Å². The summed E-state index contributed by atoms with van der Waals surface area (Å²) in [6.45, 7) is 6.35. The lowest BCUT2D eigenvalue weighted by atomic mass is 10.0. The van der Waals surface area contributed by atoms with Crippen LogP contribution in [0.2, 0.25) is 10.0 Å². The van der Waals surface area contributed by atoms with E-state index in [1.807, 2.05) is 32.0 Å². The summed E-state index contributed by atoms with van der Waals surface area (Å²) in [7, 11) is 0. The number of amides is 2. The van der Waals surface area contributed by atoms with Crippen LogP contribution in [0.15, 0.2) is 48.5 Å². The van der Waals surface area contributed by atoms with Crippen molar-refractivity contribution in [1.29, 1.82) is 0 Å². The lowest BCUT2D eigenvalue weighted by Gasteiger charge is -2.29. The third-order valence-corrected chi connectivity index (χ3v) is 6.19. The molecule has 2 aromatic rings. The Morgan fingerprint density at radius 1 is 1.03 bits per heavy atom. The Bertz CT molecular complexity index is 899. The third-order valence-electron chi connectivity index (χ3n) is 5.65. The van der Waals surface area contributed by atoms with E-state index in [4.69, 9.17) is 23.2 Å². The summed E-state index contributed by atoms with van der Waals surface area (Å²) < 4.78 is 0. The van der Waals surface area contributed by atoms with Gasteiger partial charge >= 0.3 is 0 Å². The van der Waals surface area contributed by atoms with Gasteiger partial charge in [-0.3, -0.25) is 14.5 Å². The highest BCUT2D eigenvalue weighted by atomic mass is 35.5. The molecule has 2 N–H and O–H groups in total. The highest BCUT2D eigenvalue weighted by Gasteiger charge is 2.28. The molecule has 1 fully saturated rings. The smallest absolute Gasteiger partial charge is 0.253 e. The summed E-state index contributed by atoms with van der Waals surface area (Å²) in [6.07, 6.45) is 2.34. The standard InChI is InChI=1S/C24H29Cl2N3O2/c1-16(2)22(28-23(30)19-11-10-18(25)14-20(19)26)24(31)27-15-21(29-12-6-7-13-29)17-8-4-3-5-9-17/h3-5,8-11,14,16,21-22H,6-7,12-13,15H2,1-2H3,(H,27,31)(H,28,30)/t21-,22+/m0/s1. The number of carbonyl (C=O) groups is 2. The fourth-order valence-electron chi connectivity index (χ4n) is 3.92. The molecule has 0 bridgehead atoms. The second-order valence-electron chi connectivity index (χ2n) is 8.23. The predicted octanol–water partition coefficient (Wildman–Crippen LogP) is 4.70. The molecular weight excluding hydrogens is 433 g/mol. The minimum atomic E-state index is -0.672. The van der Waals surface area contributed by atoms with Gasteiger partial charge in [-0.15, -0.1) is 0 Å². The van der Waals surface area contributed by atoms with Crippen LogP contribution in [-0.4, -0.2) is 42.4 Å². The van der Waals surface area contributed by atoms with Crippen LogP contribution in [0, 0.1) is 5.92 Å². The van der Waals surface area contributed by atoms with Gasteiger partial charge < -0.3 is 10.6 Å². The SMILES string of the molecule is CC(C)[C@@H](NC(=O)c1ccc(Cl)cc1Cl)C(=O)NC[C@@H](c1ccccc1)N1CCCC1. The summed E-state index contributed by atoms with van der Waals surface area (Å²) in [4.78, 5) is 28.2. The highest BCUT2D eigenvalue weighted by molar-refractivity contribution is 6.36. The molecule has 0 aliphatic carbocycles. The Morgan fingerprint density at radius 3 is 2.32 bits per heavy atom. The largest absolute Gasteiger partial charge is 0.352 e. The van der Waals surface area contributed by atoms with Crippen molar-refractivity contribution in [3.05, 3.63) is 69.7 Å². The summed E-state index contributed by atoms with van der Waals surface area (Å²) in [5, 5.41) is 6.61. The summed E-state index contributed by atoms with van der Waals surface area (Å²) in [5.74, 6) is -0.680. The molecule has 0 unspecified atom stereocenters. The molecule has 2 amide bonds. The zero-order valence-electron chi connectivity index (χ0n) is 17.9. The van der Waals surface area contributed by atoms with E-state index >= 15 is 0 Å². The van der Waals surface area contributed by atoms with Crippen molar-refractivity contribution in [2.24, 2.45) is 5.92 Å². The maximum absolute atomic E-state index is 13.0. The quantitative estimate of drug-likeness (QED) is 0.598. The first-order valence-corrected chi connectivity index (χ1v) is 11.4. The van der Waals surface area contributed by atoms with E-state index in [-0.39, 0.29) is 22.9 Å². The molecule has 7 heteroatoms. The van der Waals surface area contributed by atoms with Crippen molar-refractivity contribution >= 4 is 35.0 Å². The van der Waals surface area contributed by atoms with E-state index < -0.39 is 11.9 Å². The normalized spacial score (nSPS) is 16.2. The molecule has 0 saturated carbocycles. The average Bonchev–Trinajstić information content (AvgIpc) is 3.27. The van der Waals surface area contributed by atoms with Crippen molar-refractivity contribution in [2.45, 2.75) is 38.8 Å². The molecule has 166 valence electrons. The van der Waals surface area contributed by atoms with Gasteiger partial charge in [0.05, 0.1) is 16.6 Å². The first kappa shape index (κ1) is 23.6. The third kappa shape index (κ3) is 6.22. The summed E-state index contributed by atoms with van der Waals surface area (Å²) >= 11 is 12.1. The predicted molar refractivity (Wildman–Crippen MR) is 126 cm³/mol. The molecular formula is C24H29Cl2N3O2. The summed E-state index contributed by atoms with van der Waals surface area (Å²) in [5.41, 5.74) is 1.48. The number of nitrogens with one attached hydrogen (secondary N) is 2. The van der Waals surface area contributed by atoms with Crippen LogP contribution in [0.4, 0.5) is 0 Å². The van der Waals surface area contributed by atoms with Gasteiger partial charge in [-0.25, -0.2) is 0 Å². The van der Waals surface area contributed by atoms with Crippen LogP contribution in [0.25, 0.3) is 0 Å². The molecule has 2 aromatic carbocycles. The van der Waals surface area contributed by atoms with Crippen LogP contribution >= 0.6 is 23.2 Å². The number of likely N-dealkylation sites (tertiary alicyclic amines) is 1. The molecule has 1 aliphatic rings. The molecule has 2 atom stereocenters. The maximum Gasteiger partial charge on any atom is 0.253 e. The van der Waals surface area contributed by atoms with Crippen LogP contribution in [-0.2, 0) is 4.79 Å². The highest BCUT2D eigenvalue weighted by Crippen LogP contribution is 2.25. The average molecular weight is 462 g/mol. The molecule has 1 saturated heterocycles. The van der Waals surface area contributed by atoms with E-state index in [1.54, 1.807) is 12.1 Å². The van der Waals surface area contributed by atoms with Crippen LogP contribution < -0.4 is 10.6 Å². The van der Waals surface area contributed by atoms with Gasteiger partial charge in [-0.2, -0.15) is 0 Å². The molecule has 0 spiro atoms. The van der Waals surface area contributed by atoms with Gasteiger partial charge in [-0.05, 0) is 55.6 Å². The van der Waals surface area contributed by atoms with Crippen molar-refractivity contribution in [2.75, 3.05) is 19.6 Å². The second kappa shape index (κ2) is 11.0. The Balaban J connectivity index is 1.68. The number of halogens is 2. The van der Waals surface area contributed by atoms with E-state index in [2.05, 4.69) is 27.7 Å². The van der Waals surface area contributed by atoms with Crippen molar-refractivity contribution in [3.8, 4) is 0 Å². The van der Waals surface area contributed by atoms with Crippen molar-refractivity contribution in [3.63, 3.8) is 0 Å². The molecule has 3 rings (SSSR count). The van der Waals surface area contributed by atoms with Gasteiger partial charge in [0.2, 0.25) is 5.91 Å². The molecule has 5 nitrogen and oxygen atoms in total. The molecule has 0 radical (unpaired) electrons. The van der Waals surface area contributed by atoms with Gasteiger partial charge in [0.15, 0.2) is 0 Å². The van der Waals surface area contributed by atoms with E-state index in [0.717, 1.165) is 13.1 Å². The van der Waals surface area contributed by atoms with E-state index in [9.17, 15) is 9.59 Å². The van der Waals surface area contributed by atoms with Crippen LogP contribution in [0.1, 0.15) is 48.7 Å². The first-order valence-electron chi connectivity index (χ1n) is 10.7. The molecule has 1 aliphatic heterocycles. The minimum absolute atomic E-state index is 0.0861. The monoisotopic (exact) mass is 461 g/mol. The fraction of sp³-hybridized carbons (Fsp3) is 0.417. The first-order chi connectivity index (χ1) is 14.9. The van der Waals surface area contributed by atoms with Crippen molar-refractivity contribution < 1.29 is 9.59 Å². The maximum atomic E-state index is 13.0. The Kier molecular flexibility index (Phi) is 8.35. The Labute approximate surface area is 194 Å². The lowest BCUT2D eigenvalue weighted by molar-refractivity contribution is -0.124. The zero-order chi connectivity index (χ0) is 22.4. The minimum Gasteiger partial charge on any atom is -0.352 e. The number of nitrogens with zero attached hydrogens (tertiary/aromatic N) is 1. The van der Waals surface area contributed by atoms with Crippen molar-refractivity contribution in [1.82, 2.24) is 15.5 Å².